The van der Waals surface area contributed by atoms with Crippen LogP contribution in [0, 0.1) is 0 Å². The molecule has 3 N–H and O–H groups in total. The molecule has 94 valence electrons. The van der Waals surface area contributed by atoms with Crippen LogP contribution in [0.2, 0.25) is 0 Å². The molecule has 0 bridgehead atoms. The summed E-state index contributed by atoms with van der Waals surface area (Å²) in [5.41, 5.74) is 1.47. The van der Waals surface area contributed by atoms with Crippen LogP contribution in [-0.4, -0.2) is 32.7 Å². The zero-order valence-corrected chi connectivity index (χ0v) is 11.2. The molecule has 1 aromatic rings. The van der Waals surface area contributed by atoms with E-state index in [1.807, 2.05) is 0 Å². The van der Waals surface area contributed by atoms with E-state index in [0.29, 0.717) is 5.92 Å². The maximum Gasteiger partial charge on any atom is 0.0967 e. The van der Waals surface area contributed by atoms with E-state index in [4.69, 9.17) is 0 Å². The first-order valence-electron chi connectivity index (χ1n) is 6.95. The average Bonchev–Trinajstić information content (AvgIpc) is 2.39. The molecule has 0 spiro atoms. The number of likely N-dealkylation sites (tertiary alicyclic amines) is 1. The molecule has 17 heavy (non-hydrogen) atoms. The first kappa shape index (κ1) is 12.6. The fourth-order valence-electron chi connectivity index (χ4n) is 2.68. The van der Waals surface area contributed by atoms with Crippen LogP contribution < -0.4 is 10.2 Å². The smallest absolute Gasteiger partial charge is 0.0967 e. The molecule has 2 nitrogen and oxygen atoms in total. The molecule has 0 aromatic heterocycles. The van der Waals surface area contributed by atoms with Gasteiger partial charge in [0.15, 0.2) is 0 Å². The standard InChI is InChI=1S/C15H24N2/c1-13(14-6-4-3-5-7-14)12-16-15-8-10-17(2)11-9-15/h3-7,13,15-16H,8-12H2,1-2H3/p+2/t13-/m0/s1. The molecule has 1 atom stereocenters. The second-order valence-electron chi connectivity index (χ2n) is 5.58. The monoisotopic (exact) mass is 234 g/mol. The van der Waals surface area contributed by atoms with E-state index >= 15 is 0 Å². The van der Waals surface area contributed by atoms with Crippen molar-refractivity contribution >= 4 is 0 Å². The van der Waals surface area contributed by atoms with E-state index in [-0.39, 0.29) is 0 Å². The number of benzene rings is 1. The molecular weight excluding hydrogens is 208 g/mol. The van der Waals surface area contributed by atoms with Gasteiger partial charge in [-0.15, -0.1) is 0 Å². The van der Waals surface area contributed by atoms with E-state index < -0.39 is 0 Å². The minimum Gasteiger partial charge on any atom is -0.343 e. The summed E-state index contributed by atoms with van der Waals surface area (Å²) in [4.78, 5) is 1.70. The highest BCUT2D eigenvalue weighted by molar-refractivity contribution is 5.18. The normalized spacial score (nSPS) is 26.7. The largest absolute Gasteiger partial charge is 0.343 e. The zero-order valence-electron chi connectivity index (χ0n) is 11.2. The molecule has 2 heteroatoms. The quantitative estimate of drug-likeness (QED) is 0.733. The van der Waals surface area contributed by atoms with Gasteiger partial charge in [0.2, 0.25) is 0 Å². The van der Waals surface area contributed by atoms with Crippen molar-refractivity contribution in [2.45, 2.75) is 31.7 Å². The average molecular weight is 234 g/mol. The number of rotatable bonds is 4. The Hall–Kier alpha value is -0.860. The van der Waals surface area contributed by atoms with Crippen molar-refractivity contribution < 1.29 is 10.2 Å². The lowest BCUT2D eigenvalue weighted by atomic mass is 9.99. The third kappa shape index (κ3) is 3.83. The molecule has 1 aromatic carbocycles. The van der Waals surface area contributed by atoms with Gasteiger partial charge in [-0.2, -0.15) is 0 Å². The summed E-state index contributed by atoms with van der Waals surface area (Å²) in [5.74, 6) is 0.670. The van der Waals surface area contributed by atoms with Crippen molar-refractivity contribution in [3.8, 4) is 0 Å². The molecule has 0 unspecified atom stereocenters. The van der Waals surface area contributed by atoms with Crippen LogP contribution in [-0.2, 0) is 0 Å². The highest BCUT2D eigenvalue weighted by atomic mass is 15.1. The molecule has 0 aliphatic carbocycles. The Balaban J connectivity index is 1.75. The van der Waals surface area contributed by atoms with Gasteiger partial charge in [-0.1, -0.05) is 37.3 Å². The van der Waals surface area contributed by atoms with Gasteiger partial charge < -0.3 is 10.2 Å². The van der Waals surface area contributed by atoms with E-state index in [9.17, 15) is 0 Å². The second-order valence-corrected chi connectivity index (χ2v) is 5.58. The van der Waals surface area contributed by atoms with Crippen LogP contribution in [0.1, 0.15) is 31.2 Å². The summed E-state index contributed by atoms with van der Waals surface area (Å²) in [7, 11) is 2.31. The fraction of sp³-hybridized carbons (Fsp3) is 0.600. The summed E-state index contributed by atoms with van der Waals surface area (Å²) in [5, 5.41) is 2.57. The molecule has 2 rings (SSSR count). The van der Waals surface area contributed by atoms with E-state index in [2.05, 4.69) is 49.6 Å². The van der Waals surface area contributed by atoms with E-state index in [1.54, 1.807) is 4.90 Å². The minimum atomic E-state index is 0.670. The predicted molar refractivity (Wildman–Crippen MR) is 71.3 cm³/mol. The van der Waals surface area contributed by atoms with Crippen LogP contribution in [0.4, 0.5) is 0 Å². The molecule has 1 fully saturated rings. The van der Waals surface area contributed by atoms with Gasteiger partial charge in [0.1, 0.15) is 0 Å². The van der Waals surface area contributed by atoms with Gasteiger partial charge in [-0.05, 0) is 5.56 Å². The zero-order chi connectivity index (χ0) is 12.1. The Morgan fingerprint density at radius 1 is 1.24 bits per heavy atom. The summed E-state index contributed by atoms with van der Waals surface area (Å²) >= 11 is 0. The van der Waals surface area contributed by atoms with Gasteiger partial charge in [-0.3, -0.25) is 0 Å². The van der Waals surface area contributed by atoms with Gasteiger partial charge >= 0.3 is 0 Å². The van der Waals surface area contributed by atoms with Crippen molar-refractivity contribution in [3.63, 3.8) is 0 Å². The van der Waals surface area contributed by atoms with Gasteiger partial charge in [0.25, 0.3) is 0 Å². The maximum atomic E-state index is 2.57. The third-order valence-electron chi connectivity index (χ3n) is 4.08. The van der Waals surface area contributed by atoms with E-state index in [0.717, 1.165) is 6.04 Å². The lowest BCUT2D eigenvalue weighted by Crippen LogP contribution is -3.12. The second kappa shape index (κ2) is 6.18. The molecule has 1 heterocycles. The van der Waals surface area contributed by atoms with Crippen molar-refractivity contribution in [2.24, 2.45) is 0 Å². The first-order chi connectivity index (χ1) is 8.25. The predicted octanol–water partition coefficient (Wildman–Crippen LogP) is 0.0306. The highest BCUT2D eigenvalue weighted by Gasteiger charge is 2.22. The number of hydrogen-bond acceptors (Lipinski definition) is 0. The number of nitrogens with one attached hydrogen (secondary N) is 1. The van der Waals surface area contributed by atoms with Crippen molar-refractivity contribution in [1.29, 1.82) is 0 Å². The maximum absolute atomic E-state index is 2.57. The summed E-state index contributed by atoms with van der Waals surface area (Å²) in [6.07, 6.45) is 2.76. The number of nitrogens with two attached hydrogens (primary N) is 1. The molecule has 1 aliphatic heterocycles. The molecule has 1 aliphatic rings. The van der Waals surface area contributed by atoms with Gasteiger partial charge in [0.05, 0.1) is 32.7 Å². The van der Waals surface area contributed by atoms with Crippen molar-refractivity contribution in [1.82, 2.24) is 0 Å². The molecular formula is C15H26N2+2. The first-order valence-corrected chi connectivity index (χ1v) is 6.95. The Morgan fingerprint density at radius 3 is 2.53 bits per heavy atom. The van der Waals surface area contributed by atoms with Crippen molar-refractivity contribution in [2.75, 3.05) is 26.7 Å². The summed E-state index contributed by atoms with van der Waals surface area (Å²) in [6.45, 7) is 6.27. The van der Waals surface area contributed by atoms with E-state index in [1.165, 1.54) is 38.0 Å². The number of piperidine rings is 1. The Kier molecular flexibility index (Phi) is 4.57. The van der Waals surface area contributed by atoms with Crippen LogP contribution in [0.3, 0.4) is 0 Å². The lowest BCUT2D eigenvalue weighted by molar-refractivity contribution is -0.894. The van der Waals surface area contributed by atoms with Crippen LogP contribution >= 0.6 is 0 Å². The number of quaternary nitrogens is 2. The third-order valence-corrected chi connectivity index (χ3v) is 4.08. The summed E-state index contributed by atoms with van der Waals surface area (Å²) in [6, 6.07) is 11.7. The Labute approximate surface area is 105 Å². The SMILES string of the molecule is C[C@@H](C[NH2+]C1CC[NH+](C)CC1)c1ccccc1. The molecule has 0 saturated carbocycles. The molecule has 0 radical (unpaired) electrons. The van der Waals surface area contributed by atoms with Crippen LogP contribution in [0.15, 0.2) is 30.3 Å². The lowest BCUT2D eigenvalue weighted by Gasteiger charge is -2.25. The van der Waals surface area contributed by atoms with Crippen LogP contribution in [0.25, 0.3) is 0 Å². The fourth-order valence-corrected chi connectivity index (χ4v) is 2.68. The Bertz CT molecular complexity index is 315. The highest BCUT2D eigenvalue weighted by Crippen LogP contribution is 2.11. The number of hydrogen-bond donors (Lipinski definition) is 2. The minimum absolute atomic E-state index is 0.670. The Morgan fingerprint density at radius 2 is 1.88 bits per heavy atom. The van der Waals surface area contributed by atoms with Gasteiger partial charge in [0, 0.05) is 18.8 Å². The van der Waals surface area contributed by atoms with Crippen molar-refractivity contribution in [3.05, 3.63) is 35.9 Å². The molecule has 1 saturated heterocycles. The molecule has 0 amide bonds. The van der Waals surface area contributed by atoms with Crippen LogP contribution in [0.5, 0.6) is 0 Å². The van der Waals surface area contributed by atoms with Gasteiger partial charge in [-0.25, -0.2) is 0 Å². The topological polar surface area (TPSA) is 21.1 Å². The summed E-state index contributed by atoms with van der Waals surface area (Å²) < 4.78 is 0.